The zero-order valence-electron chi connectivity index (χ0n) is 10.3. The molecule has 0 spiro atoms. The van der Waals surface area contributed by atoms with E-state index in [4.69, 9.17) is 0 Å². The molecule has 0 bridgehead atoms. The summed E-state index contributed by atoms with van der Waals surface area (Å²) in [4.78, 5) is 0.431. The van der Waals surface area contributed by atoms with Crippen LogP contribution in [-0.2, 0) is 9.84 Å². The van der Waals surface area contributed by atoms with Crippen molar-refractivity contribution in [3.63, 3.8) is 0 Å². The summed E-state index contributed by atoms with van der Waals surface area (Å²) in [6.07, 6.45) is 2.34. The van der Waals surface area contributed by atoms with Gasteiger partial charge in [-0.3, -0.25) is 0 Å². The highest BCUT2D eigenvalue weighted by Gasteiger charge is 2.23. The largest absolute Gasteiger partial charge is 0.316 e. The lowest BCUT2D eigenvalue weighted by Gasteiger charge is -2.30. The van der Waals surface area contributed by atoms with E-state index in [1.54, 1.807) is 6.07 Å². The Morgan fingerprint density at radius 2 is 2.12 bits per heavy atom. The van der Waals surface area contributed by atoms with Crippen LogP contribution in [0.2, 0.25) is 0 Å². The molecule has 1 aromatic carbocycles. The molecule has 17 heavy (non-hydrogen) atoms. The first-order chi connectivity index (χ1) is 7.98. The van der Waals surface area contributed by atoms with Gasteiger partial charge in [-0.25, -0.2) is 8.42 Å². The van der Waals surface area contributed by atoms with Crippen molar-refractivity contribution < 1.29 is 8.42 Å². The molecule has 1 saturated heterocycles. The molecule has 1 aromatic rings. The van der Waals surface area contributed by atoms with E-state index < -0.39 is 9.84 Å². The summed E-state index contributed by atoms with van der Waals surface area (Å²) >= 11 is 0. The third-order valence-corrected chi connectivity index (χ3v) is 4.61. The monoisotopic (exact) mass is 253 g/mol. The topological polar surface area (TPSA) is 46.2 Å². The first-order valence-electron chi connectivity index (χ1n) is 5.99. The molecule has 0 radical (unpaired) electrons. The third kappa shape index (κ3) is 2.87. The van der Waals surface area contributed by atoms with Gasteiger partial charge in [-0.1, -0.05) is 19.1 Å². The lowest BCUT2D eigenvalue weighted by atomic mass is 9.82. The van der Waals surface area contributed by atoms with Gasteiger partial charge in [0, 0.05) is 6.26 Å². The van der Waals surface area contributed by atoms with Crippen molar-refractivity contribution in [1.29, 1.82) is 0 Å². The van der Waals surface area contributed by atoms with E-state index in [0.717, 1.165) is 25.1 Å². The van der Waals surface area contributed by atoms with Gasteiger partial charge >= 0.3 is 0 Å². The van der Waals surface area contributed by atoms with Crippen molar-refractivity contribution in [3.8, 4) is 0 Å². The average Bonchev–Trinajstić information content (AvgIpc) is 2.29. The molecule has 1 heterocycles. The lowest BCUT2D eigenvalue weighted by Crippen LogP contribution is -2.33. The summed E-state index contributed by atoms with van der Waals surface area (Å²) in [5, 5.41) is 3.36. The molecule has 2 atom stereocenters. The van der Waals surface area contributed by atoms with Gasteiger partial charge in [0.05, 0.1) is 4.90 Å². The third-order valence-electron chi connectivity index (χ3n) is 3.50. The molecule has 4 heteroatoms. The van der Waals surface area contributed by atoms with Crippen molar-refractivity contribution >= 4 is 9.84 Å². The Morgan fingerprint density at radius 1 is 1.35 bits per heavy atom. The summed E-state index contributed by atoms with van der Waals surface area (Å²) in [5.41, 5.74) is 1.15. The Kier molecular flexibility index (Phi) is 3.54. The summed E-state index contributed by atoms with van der Waals surface area (Å²) in [7, 11) is -3.10. The van der Waals surface area contributed by atoms with Crippen LogP contribution in [0.15, 0.2) is 29.2 Å². The fourth-order valence-corrected chi connectivity index (χ4v) is 3.16. The van der Waals surface area contributed by atoms with Gasteiger partial charge in [-0.2, -0.15) is 0 Å². The van der Waals surface area contributed by atoms with E-state index >= 15 is 0 Å². The molecule has 3 nitrogen and oxygen atoms in total. The average molecular weight is 253 g/mol. The molecule has 2 rings (SSSR count). The van der Waals surface area contributed by atoms with Crippen LogP contribution in [0.3, 0.4) is 0 Å². The summed E-state index contributed by atoms with van der Waals surface area (Å²) in [5.74, 6) is 1.02. The first kappa shape index (κ1) is 12.6. The van der Waals surface area contributed by atoms with Crippen molar-refractivity contribution in [2.45, 2.75) is 24.2 Å². The number of rotatable bonds is 2. The van der Waals surface area contributed by atoms with Crippen LogP contribution in [0.1, 0.15) is 24.8 Å². The molecule has 0 aromatic heterocycles. The van der Waals surface area contributed by atoms with E-state index in [1.165, 1.54) is 6.26 Å². The number of hydrogen-bond donors (Lipinski definition) is 1. The van der Waals surface area contributed by atoms with Crippen molar-refractivity contribution in [1.82, 2.24) is 5.32 Å². The molecule has 1 fully saturated rings. The zero-order valence-corrected chi connectivity index (χ0v) is 11.1. The summed E-state index contributed by atoms with van der Waals surface area (Å²) in [6.45, 7) is 4.23. The number of sulfone groups is 1. The molecule has 0 amide bonds. The van der Waals surface area contributed by atoms with E-state index in [1.807, 2.05) is 18.2 Å². The predicted octanol–water partition coefficient (Wildman–Crippen LogP) is 1.80. The predicted molar refractivity (Wildman–Crippen MR) is 68.9 cm³/mol. The lowest BCUT2D eigenvalue weighted by molar-refractivity contribution is 0.349. The Labute approximate surface area is 103 Å². The molecule has 0 saturated carbocycles. The standard InChI is InChI=1S/C13H19NO2S/c1-10-9-14-7-6-13(10)11-4-3-5-12(8-11)17(2,15)16/h3-5,8,10,13-14H,6-7,9H2,1-2H3/t10-,13+/m1/s1. The second-order valence-electron chi connectivity index (χ2n) is 4.92. The maximum Gasteiger partial charge on any atom is 0.175 e. The zero-order chi connectivity index (χ0) is 12.5. The Balaban J connectivity index is 2.33. The van der Waals surface area contributed by atoms with Crippen LogP contribution in [0.25, 0.3) is 0 Å². The maximum absolute atomic E-state index is 11.5. The molecule has 1 N–H and O–H groups in total. The fraction of sp³-hybridized carbons (Fsp3) is 0.538. The van der Waals surface area contributed by atoms with Gasteiger partial charge < -0.3 is 5.32 Å². The van der Waals surface area contributed by atoms with Crippen molar-refractivity contribution in [3.05, 3.63) is 29.8 Å². The quantitative estimate of drug-likeness (QED) is 0.874. The van der Waals surface area contributed by atoms with Gasteiger partial charge in [0.2, 0.25) is 0 Å². The molecule has 0 aliphatic carbocycles. The minimum absolute atomic E-state index is 0.431. The molecular formula is C13H19NO2S. The van der Waals surface area contributed by atoms with E-state index in [9.17, 15) is 8.42 Å². The first-order valence-corrected chi connectivity index (χ1v) is 7.88. The highest BCUT2D eigenvalue weighted by molar-refractivity contribution is 7.90. The van der Waals surface area contributed by atoms with Gasteiger partial charge in [0.15, 0.2) is 9.84 Å². The van der Waals surface area contributed by atoms with Gasteiger partial charge in [0.25, 0.3) is 0 Å². The molecule has 1 aliphatic rings. The SMILES string of the molecule is C[C@@H]1CNCC[C@@H]1c1cccc(S(C)(=O)=O)c1. The normalized spacial score (nSPS) is 25.8. The van der Waals surface area contributed by atoms with Crippen LogP contribution < -0.4 is 5.32 Å². The maximum atomic E-state index is 11.5. The van der Waals surface area contributed by atoms with Crippen LogP contribution in [0, 0.1) is 5.92 Å². The van der Waals surface area contributed by atoms with Crippen LogP contribution >= 0.6 is 0 Å². The second kappa shape index (κ2) is 4.78. The fourth-order valence-electron chi connectivity index (χ4n) is 2.49. The number of piperidine rings is 1. The number of hydrogen-bond acceptors (Lipinski definition) is 3. The van der Waals surface area contributed by atoms with Crippen LogP contribution in [0.5, 0.6) is 0 Å². The smallest absolute Gasteiger partial charge is 0.175 e. The van der Waals surface area contributed by atoms with E-state index in [2.05, 4.69) is 12.2 Å². The Bertz CT molecular complexity index is 496. The minimum atomic E-state index is -3.10. The Morgan fingerprint density at radius 3 is 2.76 bits per heavy atom. The van der Waals surface area contributed by atoms with Crippen LogP contribution in [0.4, 0.5) is 0 Å². The van der Waals surface area contributed by atoms with E-state index in [-0.39, 0.29) is 0 Å². The van der Waals surface area contributed by atoms with Gasteiger partial charge in [-0.15, -0.1) is 0 Å². The van der Waals surface area contributed by atoms with Crippen LogP contribution in [-0.4, -0.2) is 27.8 Å². The van der Waals surface area contributed by atoms with Gasteiger partial charge in [-0.05, 0) is 49.0 Å². The number of nitrogens with one attached hydrogen (secondary N) is 1. The number of benzene rings is 1. The van der Waals surface area contributed by atoms with Crippen molar-refractivity contribution in [2.75, 3.05) is 19.3 Å². The molecule has 94 valence electrons. The molecular weight excluding hydrogens is 234 g/mol. The highest BCUT2D eigenvalue weighted by atomic mass is 32.2. The summed E-state index contributed by atoms with van der Waals surface area (Å²) in [6, 6.07) is 7.40. The van der Waals surface area contributed by atoms with E-state index in [0.29, 0.717) is 16.7 Å². The summed E-state index contributed by atoms with van der Waals surface area (Å²) < 4.78 is 23.1. The molecule has 1 aliphatic heterocycles. The Hall–Kier alpha value is -0.870. The highest BCUT2D eigenvalue weighted by Crippen LogP contribution is 2.30. The van der Waals surface area contributed by atoms with Gasteiger partial charge in [0.1, 0.15) is 0 Å². The second-order valence-corrected chi connectivity index (χ2v) is 6.94. The minimum Gasteiger partial charge on any atom is -0.316 e. The van der Waals surface area contributed by atoms with Crippen molar-refractivity contribution in [2.24, 2.45) is 5.92 Å². The molecule has 0 unspecified atom stereocenters.